The highest BCUT2D eigenvalue weighted by Crippen LogP contribution is 2.26. The number of benzene rings is 2. The van der Waals surface area contributed by atoms with Gasteiger partial charge < -0.3 is 9.57 Å². The molecule has 2 amide bonds. The molecule has 0 unspecified atom stereocenters. The fraction of sp³-hybridized carbons (Fsp3) is 0.250. The van der Waals surface area contributed by atoms with Crippen LogP contribution in [-0.2, 0) is 11.4 Å². The van der Waals surface area contributed by atoms with Crippen molar-refractivity contribution in [3.05, 3.63) is 58.7 Å². The second kappa shape index (κ2) is 9.54. The number of oxime groups is 1. The molecule has 0 atom stereocenters. The quantitative estimate of drug-likeness (QED) is 0.334. The maximum atomic E-state index is 12.1. The standard InChI is InChI=1S/C20H24N6O3/c1-13-6-5-7-18(26(23)20(27)25(3)22)17(13)12-29-19-9-8-15(10-16(19)11-21)14(2)24-28-4/h5-10H,12,22-23H2,1-4H3. The number of rotatable bonds is 6. The normalized spacial score (nSPS) is 10.9. The van der Waals surface area contributed by atoms with E-state index >= 15 is 0 Å². The van der Waals surface area contributed by atoms with E-state index in [-0.39, 0.29) is 6.61 Å². The van der Waals surface area contributed by atoms with Gasteiger partial charge in [0.2, 0.25) is 0 Å². The molecule has 0 saturated heterocycles. The molecule has 0 radical (unpaired) electrons. The molecule has 4 N–H and O–H groups in total. The summed E-state index contributed by atoms with van der Waals surface area (Å²) in [6.07, 6.45) is 0. The topological polar surface area (TPSA) is 130 Å². The van der Waals surface area contributed by atoms with Crippen LogP contribution < -0.4 is 21.4 Å². The lowest BCUT2D eigenvalue weighted by Gasteiger charge is -2.24. The van der Waals surface area contributed by atoms with Gasteiger partial charge in [-0.25, -0.2) is 21.5 Å². The molecule has 29 heavy (non-hydrogen) atoms. The number of nitrogens with zero attached hydrogens (tertiary/aromatic N) is 4. The van der Waals surface area contributed by atoms with Crippen LogP contribution >= 0.6 is 0 Å². The zero-order chi connectivity index (χ0) is 21.6. The number of amides is 2. The average Bonchev–Trinajstić information content (AvgIpc) is 2.71. The van der Waals surface area contributed by atoms with Gasteiger partial charge in [-0.1, -0.05) is 17.3 Å². The molecule has 0 heterocycles. The Bertz CT molecular complexity index is 965. The first-order chi connectivity index (χ1) is 13.8. The summed E-state index contributed by atoms with van der Waals surface area (Å²) in [7, 11) is 2.86. The van der Waals surface area contributed by atoms with Crippen molar-refractivity contribution in [3.8, 4) is 11.8 Å². The van der Waals surface area contributed by atoms with Crippen LogP contribution in [0.5, 0.6) is 5.75 Å². The number of nitriles is 1. The Morgan fingerprint density at radius 3 is 2.62 bits per heavy atom. The fourth-order valence-electron chi connectivity index (χ4n) is 2.68. The van der Waals surface area contributed by atoms with Gasteiger partial charge in [-0.3, -0.25) is 5.01 Å². The number of carbonyl (C=O) groups is 1. The number of aryl methyl sites for hydroxylation is 1. The summed E-state index contributed by atoms with van der Waals surface area (Å²) in [6, 6.07) is 12.1. The molecular formula is C20H24N6O3. The van der Waals surface area contributed by atoms with E-state index < -0.39 is 6.03 Å². The van der Waals surface area contributed by atoms with Crippen LogP contribution in [-0.4, -0.2) is 30.9 Å². The minimum Gasteiger partial charge on any atom is -0.487 e. The fourth-order valence-corrected chi connectivity index (χ4v) is 2.68. The molecule has 0 saturated carbocycles. The second-order valence-electron chi connectivity index (χ2n) is 6.31. The molecule has 2 rings (SSSR count). The highest BCUT2D eigenvalue weighted by atomic mass is 16.6. The first-order valence-electron chi connectivity index (χ1n) is 8.70. The van der Waals surface area contributed by atoms with Gasteiger partial charge in [0.25, 0.3) is 0 Å². The van der Waals surface area contributed by atoms with Crippen LogP contribution in [0.25, 0.3) is 0 Å². The van der Waals surface area contributed by atoms with E-state index in [0.29, 0.717) is 28.3 Å². The number of carbonyl (C=O) groups excluding carboxylic acids is 1. The first-order valence-corrected chi connectivity index (χ1v) is 8.70. The summed E-state index contributed by atoms with van der Waals surface area (Å²) in [5.74, 6) is 11.9. The van der Waals surface area contributed by atoms with Crippen LogP contribution in [0.1, 0.15) is 29.2 Å². The second-order valence-corrected chi connectivity index (χ2v) is 6.31. The lowest BCUT2D eigenvalue weighted by molar-refractivity contribution is 0.213. The minimum atomic E-state index is -0.577. The van der Waals surface area contributed by atoms with Gasteiger partial charge in [0.1, 0.15) is 25.5 Å². The summed E-state index contributed by atoms with van der Waals surface area (Å²) >= 11 is 0. The Kier molecular flexibility index (Phi) is 7.14. The largest absolute Gasteiger partial charge is 0.487 e. The van der Waals surface area contributed by atoms with Crippen LogP contribution in [0.4, 0.5) is 10.5 Å². The van der Waals surface area contributed by atoms with Crippen LogP contribution in [0.2, 0.25) is 0 Å². The number of nitrogens with two attached hydrogens (primary N) is 2. The molecule has 152 valence electrons. The maximum absolute atomic E-state index is 12.1. The van der Waals surface area contributed by atoms with Gasteiger partial charge >= 0.3 is 6.03 Å². The molecule has 0 bridgehead atoms. The number of hydrazine groups is 2. The van der Waals surface area contributed by atoms with Crippen LogP contribution in [0.3, 0.4) is 0 Å². The van der Waals surface area contributed by atoms with E-state index in [1.54, 1.807) is 37.3 Å². The van der Waals surface area contributed by atoms with E-state index in [2.05, 4.69) is 11.2 Å². The van der Waals surface area contributed by atoms with E-state index in [0.717, 1.165) is 21.1 Å². The van der Waals surface area contributed by atoms with Crippen molar-refractivity contribution in [1.82, 2.24) is 5.01 Å². The maximum Gasteiger partial charge on any atom is 0.352 e. The average molecular weight is 396 g/mol. The van der Waals surface area contributed by atoms with Crippen molar-refractivity contribution in [2.24, 2.45) is 16.8 Å². The highest BCUT2D eigenvalue weighted by Gasteiger charge is 2.19. The molecule has 9 heteroatoms. The lowest BCUT2D eigenvalue weighted by Crippen LogP contribution is -2.49. The molecular weight excluding hydrogens is 372 g/mol. The zero-order valence-corrected chi connectivity index (χ0v) is 16.8. The van der Waals surface area contributed by atoms with Crippen molar-refractivity contribution in [3.63, 3.8) is 0 Å². The Morgan fingerprint density at radius 1 is 1.28 bits per heavy atom. The summed E-state index contributed by atoms with van der Waals surface area (Å²) in [6.45, 7) is 3.77. The van der Waals surface area contributed by atoms with E-state index in [1.807, 2.05) is 13.0 Å². The number of urea groups is 1. The Balaban J connectivity index is 2.32. The molecule has 9 nitrogen and oxygen atoms in total. The Labute approximate surface area is 169 Å². The molecule has 0 spiro atoms. The van der Waals surface area contributed by atoms with Crippen LogP contribution in [0.15, 0.2) is 41.6 Å². The monoisotopic (exact) mass is 396 g/mol. The van der Waals surface area contributed by atoms with E-state index in [9.17, 15) is 10.1 Å². The third-order valence-corrected chi connectivity index (χ3v) is 4.27. The van der Waals surface area contributed by atoms with Crippen molar-refractivity contribution in [2.45, 2.75) is 20.5 Å². The summed E-state index contributed by atoms with van der Waals surface area (Å²) in [4.78, 5) is 16.9. The van der Waals surface area contributed by atoms with E-state index in [4.69, 9.17) is 21.3 Å². The lowest BCUT2D eigenvalue weighted by atomic mass is 10.1. The smallest absolute Gasteiger partial charge is 0.352 e. The first kappa shape index (κ1) is 21.7. The number of hydrogen-bond acceptors (Lipinski definition) is 7. The van der Waals surface area contributed by atoms with Crippen molar-refractivity contribution in [2.75, 3.05) is 19.2 Å². The van der Waals surface area contributed by atoms with Gasteiger partial charge in [-0.15, -0.1) is 0 Å². The van der Waals surface area contributed by atoms with Crippen molar-refractivity contribution < 1.29 is 14.4 Å². The van der Waals surface area contributed by atoms with E-state index in [1.165, 1.54) is 14.2 Å². The molecule has 2 aromatic rings. The van der Waals surface area contributed by atoms with Crippen molar-refractivity contribution in [1.29, 1.82) is 5.26 Å². The molecule has 0 fully saturated rings. The van der Waals surface area contributed by atoms with Crippen LogP contribution in [0, 0.1) is 18.3 Å². The Morgan fingerprint density at radius 2 is 2.00 bits per heavy atom. The van der Waals surface area contributed by atoms with Gasteiger partial charge in [0.15, 0.2) is 0 Å². The molecule has 0 aliphatic carbocycles. The highest BCUT2D eigenvalue weighted by molar-refractivity contribution is 5.98. The predicted molar refractivity (Wildman–Crippen MR) is 110 cm³/mol. The predicted octanol–water partition coefficient (Wildman–Crippen LogP) is 2.42. The van der Waals surface area contributed by atoms with Gasteiger partial charge in [-0.05, 0) is 43.7 Å². The number of hydrogen-bond donors (Lipinski definition) is 2. The molecule has 2 aromatic carbocycles. The summed E-state index contributed by atoms with van der Waals surface area (Å²) in [5, 5.41) is 15.2. The third-order valence-electron chi connectivity index (χ3n) is 4.27. The van der Waals surface area contributed by atoms with Crippen molar-refractivity contribution >= 4 is 17.4 Å². The SMILES string of the molecule is CON=C(C)c1ccc(OCc2c(C)cccc2N(N)C(=O)N(C)N)c(C#N)c1. The molecule has 0 aromatic heterocycles. The number of anilines is 1. The molecule has 0 aliphatic heterocycles. The number of ether oxygens (including phenoxy) is 1. The van der Waals surface area contributed by atoms with Gasteiger partial charge in [0, 0.05) is 18.2 Å². The molecule has 0 aliphatic rings. The van der Waals surface area contributed by atoms with Gasteiger partial charge in [0.05, 0.1) is 17.0 Å². The zero-order valence-electron chi connectivity index (χ0n) is 16.8. The Hall–Kier alpha value is -3.61. The third kappa shape index (κ3) is 5.01. The summed E-state index contributed by atoms with van der Waals surface area (Å²) in [5.41, 5.74) is 3.78. The van der Waals surface area contributed by atoms with Gasteiger partial charge in [-0.2, -0.15) is 5.26 Å². The minimum absolute atomic E-state index is 0.108. The summed E-state index contributed by atoms with van der Waals surface area (Å²) < 4.78 is 5.89.